The minimum absolute atomic E-state index is 0.0354. The summed E-state index contributed by atoms with van der Waals surface area (Å²) in [6.45, 7) is 0. The first kappa shape index (κ1) is 15.0. The molecular formula is C13H14O3S2. The molecule has 0 spiro atoms. The van der Waals surface area contributed by atoms with E-state index in [9.17, 15) is 14.4 Å². The van der Waals surface area contributed by atoms with Crippen molar-refractivity contribution in [3.63, 3.8) is 0 Å². The van der Waals surface area contributed by atoms with Crippen molar-refractivity contribution in [2.75, 3.05) is 0 Å². The Morgan fingerprint density at radius 1 is 0.944 bits per heavy atom. The van der Waals surface area contributed by atoms with Crippen LogP contribution in [0.2, 0.25) is 0 Å². The van der Waals surface area contributed by atoms with Crippen molar-refractivity contribution >= 4 is 40.4 Å². The van der Waals surface area contributed by atoms with Crippen molar-refractivity contribution < 1.29 is 14.4 Å². The molecule has 1 aromatic rings. The van der Waals surface area contributed by atoms with Crippen molar-refractivity contribution in [3.8, 4) is 0 Å². The number of benzene rings is 1. The van der Waals surface area contributed by atoms with E-state index in [1.807, 2.05) is 30.3 Å². The second-order valence-corrected chi connectivity index (χ2v) is 5.35. The van der Waals surface area contributed by atoms with Gasteiger partial charge in [0.1, 0.15) is 5.78 Å². The monoisotopic (exact) mass is 282 g/mol. The lowest BCUT2D eigenvalue weighted by Crippen LogP contribution is -2.03. The molecule has 0 saturated carbocycles. The normalized spacial score (nSPS) is 10.1. The third kappa shape index (κ3) is 6.61. The number of ketones is 1. The first-order valence-electron chi connectivity index (χ1n) is 5.57. The van der Waals surface area contributed by atoms with Gasteiger partial charge in [0.15, 0.2) is 10.2 Å². The van der Waals surface area contributed by atoms with E-state index in [1.54, 1.807) is 0 Å². The molecule has 0 N–H and O–H groups in total. The molecule has 0 fully saturated rings. The number of Topliss-reactive ketones (excluding diaryl/α,β-unsaturated/α-hetero) is 1. The summed E-state index contributed by atoms with van der Waals surface area (Å²) in [5.74, 6) is -0.0700. The highest BCUT2D eigenvalue weighted by molar-refractivity contribution is 8.13. The number of carbonyl (C=O) groups is 3. The van der Waals surface area contributed by atoms with E-state index in [-0.39, 0.29) is 41.7 Å². The van der Waals surface area contributed by atoms with Gasteiger partial charge in [0.05, 0.1) is 0 Å². The van der Waals surface area contributed by atoms with E-state index in [0.717, 1.165) is 16.7 Å². The molecule has 96 valence electrons. The van der Waals surface area contributed by atoms with Gasteiger partial charge in [0.2, 0.25) is 0 Å². The fraction of sp³-hybridized carbons (Fsp3) is 0.308. The highest BCUT2D eigenvalue weighted by Crippen LogP contribution is 2.20. The van der Waals surface area contributed by atoms with Gasteiger partial charge in [-0.1, -0.05) is 30.0 Å². The van der Waals surface area contributed by atoms with E-state index >= 15 is 0 Å². The molecule has 0 radical (unpaired) electrons. The summed E-state index contributed by atoms with van der Waals surface area (Å²) in [7, 11) is 0. The standard InChI is InChI=1S/C13H14O3S2/c14-10(6-8-12(15)17)7-9-13(16)18-11-4-2-1-3-5-11/h1-5H,6-9H2,(H,15,17). The molecule has 0 aliphatic heterocycles. The predicted octanol–water partition coefficient (Wildman–Crippen LogP) is 2.89. The van der Waals surface area contributed by atoms with Crippen molar-refractivity contribution in [2.24, 2.45) is 0 Å². The zero-order chi connectivity index (χ0) is 13.4. The summed E-state index contributed by atoms with van der Waals surface area (Å²) < 4.78 is 0. The van der Waals surface area contributed by atoms with Gasteiger partial charge in [0.25, 0.3) is 0 Å². The first-order valence-corrected chi connectivity index (χ1v) is 6.83. The van der Waals surface area contributed by atoms with Gasteiger partial charge in [-0.25, -0.2) is 0 Å². The van der Waals surface area contributed by atoms with E-state index in [2.05, 4.69) is 12.6 Å². The lowest BCUT2D eigenvalue weighted by Gasteiger charge is -2.00. The van der Waals surface area contributed by atoms with Gasteiger partial charge in [-0.2, -0.15) is 0 Å². The summed E-state index contributed by atoms with van der Waals surface area (Å²) in [5, 5.41) is -0.333. The minimum atomic E-state index is -0.298. The second kappa shape index (κ2) is 8.11. The quantitative estimate of drug-likeness (QED) is 0.617. The lowest BCUT2D eigenvalue weighted by atomic mass is 10.1. The molecule has 0 aliphatic rings. The van der Waals surface area contributed by atoms with Crippen LogP contribution in [0, 0.1) is 0 Å². The Morgan fingerprint density at radius 3 is 2.17 bits per heavy atom. The Bertz CT molecular complexity index is 429. The van der Waals surface area contributed by atoms with E-state index in [4.69, 9.17) is 0 Å². The summed E-state index contributed by atoms with van der Waals surface area (Å²) >= 11 is 4.72. The Hall–Kier alpha value is -1.07. The Labute approximate surface area is 116 Å². The smallest absolute Gasteiger partial charge is 0.194 e. The molecule has 18 heavy (non-hydrogen) atoms. The molecule has 1 aromatic carbocycles. The summed E-state index contributed by atoms with van der Waals surface area (Å²) in [5.41, 5.74) is 0. The summed E-state index contributed by atoms with van der Waals surface area (Å²) in [6.07, 6.45) is 0.715. The first-order chi connectivity index (χ1) is 8.58. The van der Waals surface area contributed by atoms with Gasteiger partial charge in [-0.3, -0.25) is 14.4 Å². The number of hydrogen-bond acceptors (Lipinski definition) is 4. The molecule has 0 atom stereocenters. The number of thiol groups is 1. The van der Waals surface area contributed by atoms with Crippen LogP contribution in [0.5, 0.6) is 0 Å². The molecule has 0 saturated heterocycles. The molecule has 0 bridgehead atoms. The lowest BCUT2D eigenvalue weighted by molar-refractivity contribution is -0.122. The number of rotatable bonds is 7. The Kier molecular flexibility index (Phi) is 6.75. The molecular weight excluding hydrogens is 268 g/mol. The predicted molar refractivity (Wildman–Crippen MR) is 74.8 cm³/mol. The highest BCUT2D eigenvalue weighted by atomic mass is 32.2. The van der Waals surface area contributed by atoms with Gasteiger partial charge in [-0.15, -0.1) is 12.6 Å². The number of thioether (sulfide) groups is 1. The van der Waals surface area contributed by atoms with Crippen LogP contribution in [-0.4, -0.2) is 16.0 Å². The largest absolute Gasteiger partial charge is 0.300 e. The topological polar surface area (TPSA) is 51.2 Å². The van der Waals surface area contributed by atoms with Gasteiger partial charge < -0.3 is 0 Å². The van der Waals surface area contributed by atoms with Crippen molar-refractivity contribution in [1.29, 1.82) is 0 Å². The molecule has 0 aromatic heterocycles. The molecule has 0 heterocycles. The van der Waals surface area contributed by atoms with Crippen LogP contribution >= 0.6 is 24.4 Å². The van der Waals surface area contributed by atoms with Crippen LogP contribution in [0.15, 0.2) is 35.2 Å². The third-order valence-electron chi connectivity index (χ3n) is 2.20. The zero-order valence-corrected chi connectivity index (χ0v) is 11.5. The molecule has 3 nitrogen and oxygen atoms in total. The van der Waals surface area contributed by atoms with Gasteiger partial charge in [-0.05, 0) is 12.1 Å². The van der Waals surface area contributed by atoms with Gasteiger partial charge >= 0.3 is 0 Å². The van der Waals surface area contributed by atoms with E-state index in [1.165, 1.54) is 0 Å². The van der Waals surface area contributed by atoms with Crippen LogP contribution in [-0.2, 0) is 14.4 Å². The highest BCUT2D eigenvalue weighted by Gasteiger charge is 2.09. The summed E-state index contributed by atoms with van der Waals surface area (Å²) in [4.78, 5) is 34.4. The molecule has 5 heteroatoms. The summed E-state index contributed by atoms with van der Waals surface area (Å²) in [6, 6.07) is 9.30. The van der Waals surface area contributed by atoms with E-state index in [0.29, 0.717) is 0 Å². The Balaban J connectivity index is 2.25. The third-order valence-corrected chi connectivity index (χ3v) is 3.36. The van der Waals surface area contributed by atoms with Crippen molar-refractivity contribution in [1.82, 2.24) is 0 Å². The van der Waals surface area contributed by atoms with Crippen molar-refractivity contribution in [3.05, 3.63) is 30.3 Å². The number of hydrogen-bond donors (Lipinski definition) is 1. The van der Waals surface area contributed by atoms with Crippen LogP contribution in [0.3, 0.4) is 0 Å². The zero-order valence-electron chi connectivity index (χ0n) is 9.80. The average molecular weight is 282 g/mol. The number of carbonyl (C=O) groups excluding carboxylic acids is 3. The second-order valence-electron chi connectivity index (χ2n) is 3.72. The molecule has 1 rings (SSSR count). The van der Waals surface area contributed by atoms with Crippen LogP contribution in [0.25, 0.3) is 0 Å². The fourth-order valence-electron chi connectivity index (χ4n) is 1.28. The van der Waals surface area contributed by atoms with Crippen LogP contribution in [0.4, 0.5) is 0 Å². The van der Waals surface area contributed by atoms with Gasteiger partial charge in [0, 0.05) is 30.6 Å². The SMILES string of the molecule is O=C(S)CCC(=O)CCC(=O)Sc1ccccc1. The minimum Gasteiger partial charge on any atom is -0.300 e. The average Bonchev–Trinajstić information content (AvgIpc) is 2.35. The maximum absolute atomic E-state index is 11.6. The maximum Gasteiger partial charge on any atom is 0.194 e. The van der Waals surface area contributed by atoms with Crippen LogP contribution in [0.1, 0.15) is 25.7 Å². The van der Waals surface area contributed by atoms with Crippen LogP contribution < -0.4 is 0 Å². The van der Waals surface area contributed by atoms with Crippen molar-refractivity contribution in [2.45, 2.75) is 30.6 Å². The Morgan fingerprint density at radius 2 is 1.56 bits per heavy atom. The fourth-order valence-corrected chi connectivity index (χ4v) is 2.16. The molecule has 0 amide bonds. The maximum atomic E-state index is 11.6. The molecule has 0 aliphatic carbocycles. The molecule has 0 unspecified atom stereocenters. The van der Waals surface area contributed by atoms with E-state index < -0.39 is 0 Å².